The molecule has 1 aliphatic rings. The molecule has 0 saturated heterocycles. The van der Waals surface area contributed by atoms with Gasteiger partial charge in [0.15, 0.2) is 11.6 Å². The van der Waals surface area contributed by atoms with Crippen LogP contribution in [-0.4, -0.2) is 35.3 Å². The molecule has 0 bridgehead atoms. The maximum Gasteiger partial charge on any atom is 0.165 e. The summed E-state index contributed by atoms with van der Waals surface area (Å²) in [5, 5.41) is 12.6. The van der Waals surface area contributed by atoms with Gasteiger partial charge in [0, 0.05) is 41.1 Å². The molecule has 0 aliphatic carbocycles. The fraction of sp³-hybridized carbons (Fsp3) is 0.333. The predicted molar refractivity (Wildman–Crippen MR) is 105 cm³/mol. The van der Waals surface area contributed by atoms with Crippen molar-refractivity contribution < 1.29 is 14.2 Å². The lowest BCUT2D eigenvalue weighted by Gasteiger charge is -2.25. The van der Waals surface area contributed by atoms with Gasteiger partial charge in [0.2, 0.25) is 0 Å². The van der Waals surface area contributed by atoms with Gasteiger partial charge in [0.1, 0.15) is 0 Å². The normalized spacial score (nSPS) is 15.7. The molecule has 6 heteroatoms. The van der Waals surface area contributed by atoms with E-state index in [1.54, 1.807) is 12.1 Å². The summed E-state index contributed by atoms with van der Waals surface area (Å²) >= 11 is 6.23. The van der Waals surface area contributed by atoms with Crippen molar-refractivity contribution in [3.8, 4) is 5.75 Å². The second-order valence-electron chi connectivity index (χ2n) is 7.09. The monoisotopic (exact) mass is 388 g/mol. The quantitative estimate of drug-likeness (QED) is 0.729. The van der Waals surface area contributed by atoms with Crippen LogP contribution in [0.4, 0.5) is 4.39 Å². The number of aliphatic hydroxyl groups is 1. The second-order valence-corrected chi connectivity index (χ2v) is 7.53. The number of ether oxygens (including phenoxy) is 1. The van der Waals surface area contributed by atoms with E-state index in [4.69, 9.17) is 16.3 Å². The van der Waals surface area contributed by atoms with Gasteiger partial charge in [-0.1, -0.05) is 17.7 Å². The Morgan fingerprint density at radius 1 is 1.26 bits per heavy atom. The summed E-state index contributed by atoms with van der Waals surface area (Å²) in [6, 6.07) is 10.4. The van der Waals surface area contributed by atoms with E-state index >= 15 is 0 Å². The zero-order chi connectivity index (χ0) is 19.1. The van der Waals surface area contributed by atoms with Gasteiger partial charge in [0.05, 0.1) is 19.8 Å². The number of methoxy groups -OCH3 is 1. The van der Waals surface area contributed by atoms with Gasteiger partial charge < -0.3 is 19.3 Å². The first-order valence-electron chi connectivity index (χ1n) is 8.97. The van der Waals surface area contributed by atoms with Crippen molar-refractivity contribution in [2.75, 3.05) is 20.7 Å². The number of aliphatic hydroxyl groups excluding tert-OH is 1. The van der Waals surface area contributed by atoms with E-state index in [1.165, 1.54) is 24.4 Å². The molecule has 2 aromatic carbocycles. The van der Waals surface area contributed by atoms with E-state index in [0.717, 1.165) is 30.4 Å². The summed E-state index contributed by atoms with van der Waals surface area (Å²) in [5.41, 5.74) is 4.06. The molecule has 142 valence electrons. The van der Waals surface area contributed by atoms with Gasteiger partial charge in [-0.3, -0.25) is 0 Å². The predicted octanol–water partition coefficient (Wildman–Crippen LogP) is 4.16. The molecule has 1 aromatic heterocycles. The summed E-state index contributed by atoms with van der Waals surface area (Å²) in [6.07, 6.45) is 0.0856. The molecular weight excluding hydrogens is 367 g/mol. The summed E-state index contributed by atoms with van der Waals surface area (Å²) in [5.74, 6) is -0.297. The highest BCUT2D eigenvalue weighted by Gasteiger charge is 2.24. The fourth-order valence-corrected chi connectivity index (χ4v) is 4.11. The maximum absolute atomic E-state index is 14.0. The van der Waals surface area contributed by atoms with E-state index < -0.39 is 11.9 Å². The van der Waals surface area contributed by atoms with Crippen molar-refractivity contribution >= 4 is 22.5 Å². The molecule has 0 fully saturated rings. The first-order valence-corrected chi connectivity index (χ1v) is 9.35. The molecule has 4 nitrogen and oxygen atoms in total. The lowest BCUT2D eigenvalue weighted by Crippen LogP contribution is -2.27. The van der Waals surface area contributed by atoms with Crippen LogP contribution in [0.2, 0.25) is 5.02 Å². The Bertz CT molecular complexity index is 1000. The van der Waals surface area contributed by atoms with E-state index in [0.29, 0.717) is 17.1 Å². The van der Waals surface area contributed by atoms with Crippen molar-refractivity contribution in [2.45, 2.75) is 25.6 Å². The van der Waals surface area contributed by atoms with Gasteiger partial charge in [-0.15, -0.1) is 0 Å². The SMILES string of the molecule is COc1ccc(C(O)Cn2c3c(c4cc(Cl)ccc42)CN(C)CC3)cc1F. The molecule has 0 amide bonds. The highest BCUT2D eigenvalue weighted by Crippen LogP contribution is 2.34. The minimum Gasteiger partial charge on any atom is -0.494 e. The van der Waals surface area contributed by atoms with E-state index in [9.17, 15) is 9.50 Å². The Labute approximate surface area is 162 Å². The van der Waals surface area contributed by atoms with Crippen molar-refractivity contribution in [1.82, 2.24) is 9.47 Å². The molecule has 0 spiro atoms. The van der Waals surface area contributed by atoms with E-state index in [1.807, 2.05) is 18.2 Å². The Morgan fingerprint density at radius 2 is 2.07 bits per heavy atom. The third kappa shape index (κ3) is 3.31. The van der Waals surface area contributed by atoms with E-state index in [-0.39, 0.29) is 5.75 Å². The largest absolute Gasteiger partial charge is 0.494 e. The van der Waals surface area contributed by atoms with Crippen molar-refractivity contribution in [1.29, 1.82) is 0 Å². The second kappa shape index (κ2) is 7.15. The summed E-state index contributed by atoms with van der Waals surface area (Å²) in [4.78, 5) is 2.28. The Balaban J connectivity index is 1.74. The number of likely N-dealkylation sites (N-methyl/N-ethyl adjacent to an activating group) is 1. The highest BCUT2D eigenvalue weighted by atomic mass is 35.5. The van der Waals surface area contributed by atoms with Crippen LogP contribution in [0.5, 0.6) is 5.75 Å². The molecule has 2 heterocycles. The number of halogens is 2. The molecule has 1 atom stereocenters. The third-order valence-corrected chi connectivity index (χ3v) is 5.56. The van der Waals surface area contributed by atoms with Crippen LogP contribution in [0.25, 0.3) is 10.9 Å². The standard InChI is InChI=1S/C21H22ClFN2O2/c1-24-8-7-19-16(11-24)15-10-14(22)4-5-18(15)25(19)12-20(26)13-3-6-21(27-2)17(23)9-13/h3-6,9-10,20,26H,7-8,11-12H2,1-2H3. The molecule has 4 rings (SSSR count). The number of benzene rings is 2. The van der Waals surface area contributed by atoms with Crippen LogP contribution in [0.1, 0.15) is 22.9 Å². The van der Waals surface area contributed by atoms with Crippen LogP contribution >= 0.6 is 11.6 Å². The minimum atomic E-state index is -0.819. The number of fused-ring (bicyclic) bond motifs is 3. The zero-order valence-electron chi connectivity index (χ0n) is 15.4. The van der Waals surface area contributed by atoms with Crippen LogP contribution in [0.3, 0.4) is 0 Å². The van der Waals surface area contributed by atoms with Crippen molar-refractivity contribution in [3.05, 3.63) is 64.1 Å². The molecule has 0 saturated carbocycles. The van der Waals surface area contributed by atoms with Gasteiger partial charge in [-0.05, 0) is 48.5 Å². The topological polar surface area (TPSA) is 37.6 Å². The minimum absolute atomic E-state index is 0.174. The molecule has 3 aromatic rings. The molecule has 27 heavy (non-hydrogen) atoms. The van der Waals surface area contributed by atoms with Crippen molar-refractivity contribution in [2.24, 2.45) is 0 Å². The fourth-order valence-electron chi connectivity index (χ4n) is 3.93. The smallest absolute Gasteiger partial charge is 0.165 e. The average Bonchev–Trinajstić information content (AvgIpc) is 2.94. The number of aromatic nitrogens is 1. The molecule has 1 unspecified atom stereocenters. The van der Waals surface area contributed by atoms with Gasteiger partial charge in [-0.2, -0.15) is 0 Å². The zero-order valence-corrected chi connectivity index (χ0v) is 16.1. The lowest BCUT2D eigenvalue weighted by molar-refractivity contribution is 0.155. The Morgan fingerprint density at radius 3 is 2.81 bits per heavy atom. The average molecular weight is 389 g/mol. The molecular formula is C21H22ClFN2O2. The third-order valence-electron chi connectivity index (χ3n) is 5.32. The van der Waals surface area contributed by atoms with Crippen LogP contribution < -0.4 is 4.74 Å². The van der Waals surface area contributed by atoms with Crippen LogP contribution in [-0.2, 0) is 19.5 Å². The number of rotatable bonds is 4. The Hall–Kier alpha value is -2.08. The first kappa shape index (κ1) is 18.3. The van der Waals surface area contributed by atoms with E-state index in [2.05, 4.69) is 16.5 Å². The van der Waals surface area contributed by atoms with Crippen LogP contribution in [0.15, 0.2) is 36.4 Å². The van der Waals surface area contributed by atoms with Gasteiger partial charge in [0.25, 0.3) is 0 Å². The van der Waals surface area contributed by atoms with Crippen LogP contribution in [0, 0.1) is 5.82 Å². The molecule has 0 radical (unpaired) electrons. The molecule has 1 N–H and O–H groups in total. The number of nitrogens with zero attached hydrogens (tertiary/aromatic N) is 2. The van der Waals surface area contributed by atoms with Gasteiger partial charge >= 0.3 is 0 Å². The summed E-state index contributed by atoms with van der Waals surface area (Å²) < 4.78 is 21.2. The summed E-state index contributed by atoms with van der Waals surface area (Å²) in [7, 11) is 3.53. The number of hydrogen-bond acceptors (Lipinski definition) is 3. The highest BCUT2D eigenvalue weighted by molar-refractivity contribution is 6.31. The van der Waals surface area contributed by atoms with Crippen molar-refractivity contribution in [3.63, 3.8) is 0 Å². The van der Waals surface area contributed by atoms with Gasteiger partial charge in [-0.25, -0.2) is 4.39 Å². The Kier molecular flexibility index (Phi) is 4.84. The number of hydrogen-bond donors (Lipinski definition) is 1. The molecule has 1 aliphatic heterocycles. The maximum atomic E-state index is 14.0. The first-order chi connectivity index (χ1) is 13.0. The lowest BCUT2D eigenvalue weighted by atomic mass is 10.0. The summed E-state index contributed by atoms with van der Waals surface area (Å²) in [6.45, 7) is 2.18.